The summed E-state index contributed by atoms with van der Waals surface area (Å²) in [6, 6.07) is 13.1. The maximum Gasteiger partial charge on any atom is 0.269 e. The fourth-order valence-electron chi connectivity index (χ4n) is 3.30. The molecule has 2 heterocycles. The average Bonchev–Trinajstić information content (AvgIpc) is 3.12. The lowest BCUT2D eigenvalue weighted by Gasteiger charge is -2.18. The quantitative estimate of drug-likeness (QED) is 0.524. The van der Waals surface area contributed by atoms with E-state index in [1.807, 2.05) is 35.9 Å². The predicted molar refractivity (Wildman–Crippen MR) is 117 cm³/mol. The third-order valence-electron chi connectivity index (χ3n) is 5.06. The molecule has 2 amide bonds. The van der Waals surface area contributed by atoms with Crippen molar-refractivity contribution in [2.24, 2.45) is 0 Å². The normalized spacial score (nSPS) is 10.9. The Bertz CT molecular complexity index is 984. The largest absolute Gasteiger partial charge is 0.351 e. The van der Waals surface area contributed by atoms with Crippen LogP contribution in [0.15, 0.2) is 48.7 Å². The summed E-state index contributed by atoms with van der Waals surface area (Å²) >= 11 is 0. The van der Waals surface area contributed by atoms with Gasteiger partial charge in [-0.25, -0.2) is 4.98 Å². The van der Waals surface area contributed by atoms with Gasteiger partial charge in [0, 0.05) is 32.8 Å². The fourth-order valence-corrected chi connectivity index (χ4v) is 3.30. The highest BCUT2D eigenvalue weighted by molar-refractivity contribution is 5.92. The third-order valence-corrected chi connectivity index (χ3v) is 5.06. The summed E-state index contributed by atoms with van der Waals surface area (Å²) in [6.45, 7) is 3.67. The van der Waals surface area contributed by atoms with Crippen molar-refractivity contribution in [1.29, 1.82) is 0 Å². The van der Waals surface area contributed by atoms with Gasteiger partial charge in [-0.3, -0.25) is 14.6 Å². The van der Waals surface area contributed by atoms with E-state index >= 15 is 0 Å². The van der Waals surface area contributed by atoms with Gasteiger partial charge in [0.1, 0.15) is 18.1 Å². The molecule has 1 aromatic carbocycles. The molecule has 2 aromatic heterocycles. The maximum absolute atomic E-state index is 12.7. The van der Waals surface area contributed by atoms with Crippen LogP contribution >= 0.6 is 0 Å². The highest BCUT2D eigenvalue weighted by atomic mass is 16.2. The molecule has 30 heavy (non-hydrogen) atoms. The Balaban J connectivity index is 1.64. The van der Waals surface area contributed by atoms with Crippen LogP contribution < -0.4 is 5.32 Å². The van der Waals surface area contributed by atoms with Gasteiger partial charge in [-0.1, -0.05) is 31.5 Å². The van der Waals surface area contributed by atoms with Gasteiger partial charge < -0.3 is 14.8 Å². The number of para-hydroxylation sites is 2. The number of likely N-dealkylation sites (N-methyl/N-ethyl adjacent to an activating group) is 1. The van der Waals surface area contributed by atoms with E-state index in [-0.39, 0.29) is 18.4 Å². The molecule has 0 fully saturated rings. The van der Waals surface area contributed by atoms with Crippen LogP contribution in [-0.2, 0) is 17.8 Å². The summed E-state index contributed by atoms with van der Waals surface area (Å²) in [7, 11) is 1.85. The summed E-state index contributed by atoms with van der Waals surface area (Å²) in [5.74, 6) is 0.758. The standard InChI is InChI=1S/C23H29N5O2/c1-3-4-16-27(2)22(29)17-28-20-12-6-5-10-18(20)26-21(28)13-9-15-25-23(30)19-11-7-8-14-24-19/h5-8,10-12,14H,3-4,9,13,15-17H2,1-2H3,(H,25,30). The summed E-state index contributed by atoms with van der Waals surface area (Å²) in [4.78, 5) is 35.4. The van der Waals surface area contributed by atoms with Crippen molar-refractivity contribution >= 4 is 22.8 Å². The minimum Gasteiger partial charge on any atom is -0.351 e. The van der Waals surface area contributed by atoms with Crippen LogP contribution in [0.25, 0.3) is 11.0 Å². The number of hydrogen-bond donors (Lipinski definition) is 1. The number of nitrogens with zero attached hydrogens (tertiary/aromatic N) is 4. The second-order valence-electron chi connectivity index (χ2n) is 7.35. The van der Waals surface area contributed by atoms with E-state index in [0.717, 1.165) is 42.7 Å². The third kappa shape index (κ3) is 5.43. The second-order valence-corrected chi connectivity index (χ2v) is 7.35. The van der Waals surface area contributed by atoms with E-state index in [2.05, 4.69) is 17.2 Å². The molecule has 0 aliphatic carbocycles. The molecule has 0 spiro atoms. The molecular formula is C23H29N5O2. The Morgan fingerprint density at radius 1 is 1.10 bits per heavy atom. The van der Waals surface area contributed by atoms with Gasteiger partial charge in [0.2, 0.25) is 5.91 Å². The SMILES string of the molecule is CCCCN(C)C(=O)Cn1c(CCCNC(=O)c2ccccn2)nc2ccccc21. The summed E-state index contributed by atoms with van der Waals surface area (Å²) in [6.07, 6.45) is 5.05. The molecule has 0 aliphatic rings. The van der Waals surface area contributed by atoms with Gasteiger partial charge >= 0.3 is 0 Å². The van der Waals surface area contributed by atoms with E-state index < -0.39 is 0 Å². The molecule has 7 nitrogen and oxygen atoms in total. The number of benzene rings is 1. The highest BCUT2D eigenvalue weighted by Crippen LogP contribution is 2.17. The zero-order chi connectivity index (χ0) is 21.3. The van der Waals surface area contributed by atoms with Gasteiger partial charge in [-0.05, 0) is 37.1 Å². The minimum absolute atomic E-state index is 0.0799. The monoisotopic (exact) mass is 407 g/mol. The molecule has 0 bridgehead atoms. The molecular weight excluding hydrogens is 378 g/mol. The molecule has 0 radical (unpaired) electrons. The van der Waals surface area contributed by atoms with Gasteiger partial charge in [0.25, 0.3) is 5.91 Å². The van der Waals surface area contributed by atoms with E-state index in [1.165, 1.54) is 0 Å². The summed E-state index contributed by atoms with van der Waals surface area (Å²) < 4.78 is 2.00. The minimum atomic E-state index is -0.183. The Kier molecular flexibility index (Phi) is 7.54. The number of amides is 2. The molecule has 158 valence electrons. The lowest BCUT2D eigenvalue weighted by atomic mass is 10.2. The lowest BCUT2D eigenvalue weighted by Crippen LogP contribution is -2.31. The first-order valence-corrected chi connectivity index (χ1v) is 10.5. The number of imidazole rings is 1. The summed E-state index contributed by atoms with van der Waals surface area (Å²) in [5.41, 5.74) is 2.25. The average molecular weight is 408 g/mol. The van der Waals surface area contributed by atoms with Crippen molar-refractivity contribution in [3.05, 3.63) is 60.2 Å². The number of nitrogens with one attached hydrogen (secondary N) is 1. The first kappa shape index (κ1) is 21.5. The van der Waals surface area contributed by atoms with Gasteiger partial charge in [-0.15, -0.1) is 0 Å². The zero-order valence-electron chi connectivity index (χ0n) is 17.7. The van der Waals surface area contributed by atoms with Crippen LogP contribution in [0, 0.1) is 0 Å². The topological polar surface area (TPSA) is 80.1 Å². The number of fused-ring (bicyclic) bond motifs is 1. The smallest absolute Gasteiger partial charge is 0.269 e. The van der Waals surface area contributed by atoms with Crippen LogP contribution in [-0.4, -0.2) is 51.4 Å². The zero-order valence-corrected chi connectivity index (χ0v) is 17.7. The van der Waals surface area contributed by atoms with Crippen LogP contribution in [0.3, 0.4) is 0 Å². The summed E-state index contributed by atoms with van der Waals surface area (Å²) in [5, 5.41) is 2.89. The lowest BCUT2D eigenvalue weighted by molar-refractivity contribution is -0.130. The second kappa shape index (κ2) is 10.5. The molecule has 0 unspecified atom stereocenters. The molecule has 3 aromatic rings. The number of aromatic nitrogens is 3. The van der Waals surface area contributed by atoms with Crippen molar-refractivity contribution < 1.29 is 9.59 Å². The molecule has 3 rings (SSSR count). The molecule has 7 heteroatoms. The van der Waals surface area contributed by atoms with Crippen molar-refractivity contribution in [2.75, 3.05) is 20.1 Å². The van der Waals surface area contributed by atoms with Gasteiger partial charge in [0.15, 0.2) is 0 Å². The first-order chi connectivity index (χ1) is 14.6. The number of carbonyl (C=O) groups excluding carboxylic acids is 2. The number of carbonyl (C=O) groups is 2. The van der Waals surface area contributed by atoms with Crippen LogP contribution in [0.5, 0.6) is 0 Å². The van der Waals surface area contributed by atoms with Crippen molar-refractivity contribution in [3.8, 4) is 0 Å². The molecule has 0 saturated heterocycles. The Morgan fingerprint density at radius 2 is 1.90 bits per heavy atom. The van der Waals surface area contributed by atoms with E-state index in [4.69, 9.17) is 4.98 Å². The van der Waals surface area contributed by atoms with Crippen LogP contribution in [0.1, 0.15) is 42.5 Å². The molecule has 0 aliphatic heterocycles. The Hall–Kier alpha value is -3.22. The molecule has 0 saturated carbocycles. The Morgan fingerprint density at radius 3 is 2.67 bits per heavy atom. The van der Waals surface area contributed by atoms with Crippen LogP contribution in [0.4, 0.5) is 0 Å². The van der Waals surface area contributed by atoms with Crippen molar-refractivity contribution in [3.63, 3.8) is 0 Å². The van der Waals surface area contributed by atoms with Crippen LogP contribution in [0.2, 0.25) is 0 Å². The number of hydrogen-bond acceptors (Lipinski definition) is 4. The van der Waals surface area contributed by atoms with E-state index in [9.17, 15) is 9.59 Å². The van der Waals surface area contributed by atoms with E-state index in [1.54, 1.807) is 29.3 Å². The maximum atomic E-state index is 12.7. The number of rotatable bonds is 10. The molecule has 1 N–H and O–H groups in total. The van der Waals surface area contributed by atoms with Gasteiger partial charge in [-0.2, -0.15) is 0 Å². The molecule has 0 atom stereocenters. The Labute approximate surface area is 177 Å². The van der Waals surface area contributed by atoms with Gasteiger partial charge in [0.05, 0.1) is 11.0 Å². The van der Waals surface area contributed by atoms with Crippen molar-refractivity contribution in [1.82, 2.24) is 24.8 Å². The highest BCUT2D eigenvalue weighted by Gasteiger charge is 2.16. The fraction of sp³-hybridized carbons (Fsp3) is 0.391. The first-order valence-electron chi connectivity index (χ1n) is 10.5. The van der Waals surface area contributed by atoms with Crippen molar-refractivity contribution in [2.45, 2.75) is 39.2 Å². The number of aryl methyl sites for hydroxylation is 1. The number of unbranched alkanes of at least 4 members (excludes halogenated alkanes) is 1. The van der Waals surface area contributed by atoms with E-state index in [0.29, 0.717) is 18.7 Å². The predicted octanol–water partition coefficient (Wildman–Crippen LogP) is 3.05. The number of pyridine rings is 1.